The Morgan fingerprint density at radius 3 is 1.62 bits per heavy atom. The van der Waals surface area contributed by atoms with Crippen molar-refractivity contribution in [1.29, 1.82) is 0 Å². The number of Topliss-reactive ketones (excluding diaryl/α,β-unsaturated/α-hetero) is 1. The van der Waals surface area contributed by atoms with Crippen LogP contribution in [0.15, 0.2) is 30.3 Å². The summed E-state index contributed by atoms with van der Waals surface area (Å²) in [6.07, 6.45) is 0.217. The van der Waals surface area contributed by atoms with Crippen LogP contribution < -0.4 is 0 Å². The van der Waals surface area contributed by atoms with Crippen LogP contribution in [0.2, 0.25) is 0 Å². The van der Waals surface area contributed by atoms with Crippen LogP contribution >= 0.6 is 0 Å². The third kappa shape index (κ3) is 13.9. The van der Waals surface area contributed by atoms with Crippen molar-refractivity contribution < 1.29 is 38.0 Å². The van der Waals surface area contributed by atoms with Gasteiger partial charge in [-0.25, -0.2) is 4.79 Å². The van der Waals surface area contributed by atoms with E-state index in [1.807, 2.05) is 13.8 Å². The van der Waals surface area contributed by atoms with Crippen molar-refractivity contribution >= 4 is 11.8 Å². The molecule has 0 aromatic heterocycles. The summed E-state index contributed by atoms with van der Waals surface area (Å²) in [7, 11) is 0. The van der Waals surface area contributed by atoms with Gasteiger partial charge in [-0.15, -0.1) is 0 Å². The lowest BCUT2D eigenvalue weighted by atomic mass is 10.1. The first-order valence-electron chi connectivity index (χ1n) is 9.80. The third-order valence-electron chi connectivity index (χ3n) is 3.48. The molecule has 0 spiro atoms. The highest BCUT2D eigenvalue weighted by molar-refractivity contribution is 6.40. The SMILES string of the molecule is CC(C)OCCOCCOCCOCCOCCOC(=O)C(=O)c1ccccc1. The molecule has 0 heterocycles. The Bertz CT molecular complexity index is 547. The van der Waals surface area contributed by atoms with E-state index in [4.69, 9.17) is 28.4 Å². The fraction of sp³-hybridized carbons (Fsp3) is 0.619. The molecule has 0 saturated carbocycles. The predicted molar refractivity (Wildman–Crippen MR) is 106 cm³/mol. The Morgan fingerprint density at radius 1 is 0.690 bits per heavy atom. The molecule has 1 rings (SSSR count). The van der Waals surface area contributed by atoms with Crippen LogP contribution in [0.5, 0.6) is 0 Å². The first-order valence-corrected chi connectivity index (χ1v) is 9.80. The summed E-state index contributed by atoms with van der Waals surface area (Å²) in [6.45, 7) is 8.07. The van der Waals surface area contributed by atoms with Gasteiger partial charge in [0.05, 0.1) is 65.6 Å². The molecule has 8 heteroatoms. The van der Waals surface area contributed by atoms with Gasteiger partial charge in [0, 0.05) is 5.56 Å². The maximum Gasteiger partial charge on any atom is 0.379 e. The standard InChI is InChI=1S/C21H32O8/c1-18(2)28-16-14-26-12-10-24-8-9-25-11-13-27-15-17-29-21(23)20(22)19-6-4-3-5-7-19/h3-7,18H,8-17H2,1-2H3. The molecule has 0 bridgehead atoms. The first-order chi connectivity index (χ1) is 14.1. The van der Waals surface area contributed by atoms with Gasteiger partial charge in [-0.2, -0.15) is 0 Å². The van der Waals surface area contributed by atoms with Crippen LogP contribution in [-0.4, -0.2) is 83.9 Å². The van der Waals surface area contributed by atoms with Gasteiger partial charge in [0.25, 0.3) is 5.78 Å². The molecule has 0 saturated heterocycles. The molecule has 29 heavy (non-hydrogen) atoms. The Labute approximate surface area is 172 Å². The van der Waals surface area contributed by atoms with Crippen molar-refractivity contribution in [1.82, 2.24) is 0 Å². The van der Waals surface area contributed by atoms with Crippen molar-refractivity contribution in [3.63, 3.8) is 0 Å². The summed E-state index contributed by atoms with van der Waals surface area (Å²) in [5.74, 6) is -1.55. The average Bonchev–Trinajstić information content (AvgIpc) is 2.73. The number of carbonyl (C=O) groups excluding carboxylic acids is 2. The normalized spacial score (nSPS) is 11.0. The van der Waals surface area contributed by atoms with Crippen molar-refractivity contribution in [2.45, 2.75) is 20.0 Å². The van der Waals surface area contributed by atoms with Crippen molar-refractivity contribution in [2.24, 2.45) is 0 Å². The van der Waals surface area contributed by atoms with E-state index in [-0.39, 0.29) is 19.3 Å². The summed E-state index contributed by atoms with van der Waals surface area (Å²) in [5, 5.41) is 0. The maximum atomic E-state index is 11.8. The lowest BCUT2D eigenvalue weighted by Gasteiger charge is -2.09. The number of hydrogen-bond acceptors (Lipinski definition) is 8. The van der Waals surface area contributed by atoms with Gasteiger partial charge in [-0.3, -0.25) is 4.79 Å². The highest BCUT2D eigenvalue weighted by Gasteiger charge is 2.16. The number of benzene rings is 1. The van der Waals surface area contributed by atoms with Gasteiger partial charge < -0.3 is 28.4 Å². The molecule has 0 unspecified atom stereocenters. The van der Waals surface area contributed by atoms with E-state index in [0.717, 1.165) is 0 Å². The zero-order chi connectivity index (χ0) is 21.2. The molecule has 0 aliphatic carbocycles. The van der Waals surface area contributed by atoms with Crippen LogP contribution in [0, 0.1) is 0 Å². The van der Waals surface area contributed by atoms with E-state index in [2.05, 4.69) is 0 Å². The summed E-state index contributed by atoms with van der Waals surface area (Å²) >= 11 is 0. The van der Waals surface area contributed by atoms with Crippen molar-refractivity contribution in [2.75, 3.05) is 66.1 Å². The lowest BCUT2D eigenvalue weighted by molar-refractivity contribution is -0.139. The topological polar surface area (TPSA) is 89.5 Å². The van der Waals surface area contributed by atoms with Crippen molar-refractivity contribution in [3.05, 3.63) is 35.9 Å². The first kappa shape index (κ1) is 25.2. The molecule has 0 radical (unpaired) electrons. The highest BCUT2D eigenvalue weighted by Crippen LogP contribution is 2.01. The number of rotatable bonds is 18. The average molecular weight is 412 g/mol. The fourth-order valence-corrected chi connectivity index (χ4v) is 2.07. The number of ether oxygens (including phenoxy) is 6. The minimum absolute atomic E-state index is 0.0166. The quantitative estimate of drug-likeness (QED) is 0.156. The minimum atomic E-state index is -0.885. The van der Waals surface area contributed by atoms with Crippen LogP contribution in [0.1, 0.15) is 24.2 Å². The smallest absolute Gasteiger partial charge is 0.379 e. The van der Waals surface area contributed by atoms with E-state index in [0.29, 0.717) is 58.4 Å². The predicted octanol–water partition coefficient (Wildman–Crippen LogP) is 1.90. The summed E-state index contributed by atoms with van der Waals surface area (Å²) in [4.78, 5) is 23.4. The van der Waals surface area contributed by atoms with E-state index in [1.54, 1.807) is 30.3 Å². The van der Waals surface area contributed by atoms with Gasteiger partial charge in [0.2, 0.25) is 0 Å². The Balaban J connectivity index is 1.82. The van der Waals surface area contributed by atoms with Crippen LogP contribution in [0.25, 0.3) is 0 Å². The molecule has 0 amide bonds. The second kappa shape index (κ2) is 17.1. The van der Waals surface area contributed by atoms with Gasteiger partial charge in [-0.05, 0) is 13.8 Å². The molecule has 8 nitrogen and oxygen atoms in total. The third-order valence-corrected chi connectivity index (χ3v) is 3.48. The van der Waals surface area contributed by atoms with Gasteiger partial charge in [0.15, 0.2) is 0 Å². The number of ketones is 1. The van der Waals surface area contributed by atoms with E-state index >= 15 is 0 Å². The van der Waals surface area contributed by atoms with E-state index < -0.39 is 11.8 Å². The van der Waals surface area contributed by atoms with Gasteiger partial charge >= 0.3 is 5.97 Å². The number of esters is 1. The largest absolute Gasteiger partial charge is 0.457 e. The minimum Gasteiger partial charge on any atom is -0.457 e. The van der Waals surface area contributed by atoms with E-state index in [1.165, 1.54) is 0 Å². The molecule has 1 aromatic carbocycles. The second-order valence-electron chi connectivity index (χ2n) is 6.20. The molecular weight excluding hydrogens is 380 g/mol. The number of hydrogen-bond donors (Lipinski definition) is 0. The molecule has 0 aliphatic heterocycles. The summed E-state index contributed by atoms with van der Waals surface area (Å²) < 4.78 is 31.6. The van der Waals surface area contributed by atoms with Gasteiger partial charge in [0.1, 0.15) is 6.61 Å². The molecule has 0 aliphatic rings. The Hall–Kier alpha value is -1.84. The zero-order valence-electron chi connectivity index (χ0n) is 17.3. The Kier molecular flexibility index (Phi) is 14.8. The Morgan fingerprint density at radius 2 is 1.14 bits per heavy atom. The van der Waals surface area contributed by atoms with E-state index in [9.17, 15) is 9.59 Å². The monoisotopic (exact) mass is 412 g/mol. The van der Waals surface area contributed by atoms with Crippen LogP contribution in [0.3, 0.4) is 0 Å². The number of carbonyl (C=O) groups is 2. The molecular formula is C21H32O8. The van der Waals surface area contributed by atoms with Crippen molar-refractivity contribution in [3.8, 4) is 0 Å². The fourth-order valence-electron chi connectivity index (χ4n) is 2.07. The lowest BCUT2D eigenvalue weighted by Crippen LogP contribution is -2.20. The van der Waals surface area contributed by atoms with Gasteiger partial charge in [-0.1, -0.05) is 30.3 Å². The van der Waals surface area contributed by atoms with Crippen LogP contribution in [0.4, 0.5) is 0 Å². The molecule has 0 N–H and O–H groups in total. The molecule has 1 aromatic rings. The zero-order valence-corrected chi connectivity index (χ0v) is 17.3. The molecule has 0 fully saturated rings. The summed E-state index contributed by atoms with van der Waals surface area (Å²) in [5.41, 5.74) is 0.306. The highest BCUT2D eigenvalue weighted by atomic mass is 16.6. The van der Waals surface area contributed by atoms with Crippen LogP contribution in [-0.2, 0) is 33.2 Å². The summed E-state index contributed by atoms with van der Waals surface area (Å²) in [6, 6.07) is 8.28. The molecule has 164 valence electrons. The molecule has 0 atom stereocenters. The maximum absolute atomic E-state index is 11.8. The second-order valence-corrected chi connectivity index (χ2v) is 6.20.